The molecule has 107 heavy (non-hydrogen) atoms. The van der Waals surface area contributed by atoms with Gasteiger partial charge in [0.05, 0.1) is 52.6 Å². The van der Waals surface area contributed by atoms with Gasteiger partial charge in [0.25, 0.3) is 5.91 Å². The zero-order valence-corrected chi connectivity index (χ0v) is 60.3. The summed E-state index contributed by atoms with van der Waals surface area (Å²) in [5.41, 5.74) is 13.3. The van der Waals surface area contributed by atoms with E-state index in [9.17, 15) is 29.4 Å². The average Bonchev–Trinajstić information content (AvgIpc) is 1.63. The maximum absolute atomic E-state index is 15.5. The Morgan fingerprint density at radius 1 is 0.701 bits per heavy atom. The van der Waals surface area contributed by atoms with Crippen molar-refractivity contribution in [2.45, 2.75) is 106 Å². The molecule has 0 spiro atoms. The van der Waals surface area contributed by atoms with Gasteiger partial charge in [-0.1, -0.05) is 146 Å². The summed E-state index contributed by atoms with van der Waals surface area (Å²) in [5, 5.41) is 27.8. The van der Waals surface area contributed by atoms with Crippen LogP contribution in [-0.4, -0.2) is 153 Å². The third kappa shape index (κ3) is 17.5. The SMILES string of the molecule is COc1ccc(C(OCC2O[C@@H](n3cnc4c(NC(=O)c5ccc(CCC(O)Cc6ccccc6)cc5)ncnc43)CC2OP(=O)(OCCCN)OCC2OC(n3ccc(NC(=O)CCCN(C)C(=O)OCC4c5ccccc5-c5ccccc54)nc3=O)CC2O)(c2ccccc2)c2ccc(OC)cc2)cc1. The van der Waals surface area contributed by atoms with Gasteiger partial charge in [-0.3, -0.25) is 32.3 Å². The first kappa shape index (κ1) is 74.9. The second-order valence-corrected chi connectivity index (χ2v) is 28.1. The predicted octanol–water partition coefficient (Wildman–Crippen LogP) is 11.3. The van der Waals surface area contributed by atoms with Gasteiger partial charge in [-0.2, -0.15) is 4.98 Å². The maximum Gasteiger partial charge on any atom is 0.475 e. The first-order chi connectivity index (χ1) is 52.1. The summed E-state index contributed by atoms with van der Waals surface area (Å²) >= 11 is 0. The molecule has 7 aromatic carbocycles. The number of carbonyl (C=O) groups is 3. The Morgan fingerprint density at radius 3 is 2.00 bits per heavy atom. The van der Waals surface area contributed by atoms with Crippen LogP contribution in [0.2, 0.25) is 0 Å². The van der Waals surface area contributed by atoms with Gasteiger partial charge in [-0.15, -0.1) is 0 Å². The van der Waals surface area contributed by atoms with E-state index in [1.807, 2.05) is 158 Å². The highest BCUT2D eigenvalue weighted by atomic mass is 31.2. The zero-order chi connectivity index (χ0) is 74.4. The van der Waals surface area contributed by atoms with Gasteiger partial charge in [0, 0.05) is 50.5 Å². The molecule has 5 heterocycles. The predicted molar refractivity (Wildman–Crippen MR) is 398 cm³/mol. The Balaban J connectivity index is 0.693. The molecular formula is C80H85N10O16P. The molecule has 13 rings (SSSR count). The Hall–Kier alpha value is -10.4. The number of fused-ring (bicyclic) bond motifs is 4. The van der Waals surface area contributed by atoms with E-state index in [1.54, 1.807) is 38.0 Å². The summed E-state index contributed by atoms with van der Waals surface area (Å²) in [6.07, 6.45) is -1.47. The third-order valence-corrected chi connectivity index (χ3v) is 20.9. The van der Waals surface area contributed by atoms with Crippen molar-refractivity contribution in [3.8, 4) is 22.6 Å². The molecule has 10 aromatic rings. The van der Waals surface area contributed by atoms with Crippen LogP contribution in [0.1, 0.15) is 106 Å². The number of rotatable bonds is 33. The summed E-state index contributed by atoms with van der Waals surface area (Å²) in [4.78, 5) is 73.1. The molecule has 1 aliphatic carbocycles. The number of ether oxygens (including phenoxy) is 6. The van der Waals surface area contributed by atoms with Crippen LogP contribution in [0.25, 0.3) is 22.3 Å². The van der Waals surface area contributed by atoms with Crippen molar-refractivity contribution in [2.24, 2.45) is 5.73 Å². The standard InChI is InChI=1S/C80H85N10O16P/c1-88(79(96)100-47-65-63-22-12-10-20-61(63)62-21-11-13-23-64(62)65)41-14-24-71(93)85-70-39-42-89(78(95)86-70)72-45-66(92)68(104-72)49-103-107(97,102-43-15-40-81)106-67-46-73(105-69(67)48-101-80(55-18-8-5-9-19-55,56-30-35-59(98-2)36-31-56)57-32-37-60(99-3)38-33-57)90-51-84-74-75(82-50-83-76(74)90)87-77(94)54-28-25-52(26-29-54)27-34-58(91)44-53-16-6-4-7-17-53/h4-13,16-23,25-26,28-33,35-39,42,50-51,58,65-69,72-73,91-92H,14-15,24,27,34,40-41,43-49,81H2,1-3H3,(H,82,83,87,94)(H,85,86,93,95)/t58?,66?,67?,68?,69?,72?,73-,107?/m1/s1. The first-order valence-corrected chi connectivity index (χ1v) is 37.0. The summed E-state index contributed by atoms with van der Waals surface area (Å²) in [6, 6.07) is 59.2. The topological polar surface area (TPSA) is 324 Å². The number of aromatic nitrogens is 6. The highest BCUT2D eigenvalue weighted by Gasteiger charge is 2.48. The monoisotopic (exact) mass is 1470 g/mol. The number of nitrogens with zero attached hydrogens (tertiary/aromatic N) is 7. The Bertz CT molecular complexity index is 4700. The molecule has 3 amide bonds. The van der Waals surface area contributed by atoms with Gasteiger partial charge in [0.1, 0.15) is 66.6 Å². The highest BCUT2D eigenvalue weighted by molar-refractivity contribution is 7.48. The lowest BCUT2D eigenvalue weighted by molar-refractivity contribution is -0.116. The highest BCUT2D eigenvalue weighted by Crippen LogP contribution is 2.55. The number of methoxy groups -OCH3 is 2. The molecular weight excluding hydrogens is 1390 g/mol. The average molecular weight is 1470 g/mol. The second kappa shape index (κ2) is 34.5. The van der Waals surface area contributed by atoms with E-state index in [0.29, 0.717) is 53.9 Å². The smallest absolute Gasteiger partial charge is 0.475 e. The lowest BCUT2D eigenvalue weighted by atomic mass is 9.80. The lowest BCUT2D eigenvalue weighted by Crippen LogP contribution is -2.38. The van der Waals surface area contributed by atoms with E-state index in [2.05, 4.69) is 42.7 Å². The molecule has 2 saturated heterocycles. The fourth-order valence-electron chi connectivity index (χ4n) is 13.8. The molecule has 0 saturated carbocycles. The third-order valence-electron chi connectivity index (χ3n) is 19.4. The zero-order valence-electron chi connectivity index (χ0n) is 59.4. The first-order valence-electron chi connectivity index (χ1n) is 35.6. The molecule has 27 heteroatoms. The molecule has 3 aromatic heterocycles. The molecule has 6 N–H and O–H groups in total. The summed E-state index contributed by atoms with van der Waals surface area (Å²) in [7, 11) is 0.0386. The summed E-state index contributed by atoms with van der Waals surface area (Å²) < 4.78 is 74.7. The molecule has 26 nitrogen and oxygen atoms in total. The molecule has 0 radical (unpaired) electrons. The number of carbonyl (C=O) groups excluding carboxylic acids is 3. The molecule has 7 unspecified atom stereocenters. The number of aliphatic hydroxyl groups excluding tert-OH is 2. The number of hydrogen-bond acceptors (Lipinski definition) is 21. The quantitative estimate of drug-likeness (QED) is 0.0145. The maximum atomic E-state index is 15.5. The van der Waals surface area contributed by atoms with Crippen molar-refractivity contribution >= 4 is 48.5 Å². The van der Waals surface area contributed by atoms with Gasteiger partial charge < -0.3 is 59.9 Å². The molecule has 556 valence electrons. The molecule has 2 fully saturated rings. The van der Waals surface area contributed by atoms with Crippen molar-refractivity contribution in [3.63, 3.8) is 0 Å². The number of nitrogens with one attached hydrogen (secondary N) is 2. The van der Waals surface area contributed by atoms with E-state index in [4.69, 9.17) is 47.7 Å². The van der Waals surface area contributed by atoms with Crippen molar-refractivity contribution < 1.29 is 71.2 Å². The Kier molecular flexibility index (Phi) is 24.1. The van der Waals surface area contributed by atoms with Crippen LogP contribution < -0.4 is 31.5 Å². The van der Waals surface area contributed by atoms with Crippen LogP contribution in [0.15, 0.2) is 212 Å². The fraction of sp³-hybridized carbons (Fsp3) is 0.325. The fourth-order valence-corrected chi connectivity index (χ4v) is 15.2. The van der Waals surface area contributed by atoms with E-state index in [1.165, 1.54) is 29.8 Å². The van der Waals surface area contributed by atoms with Gasteiger partial charge in [0.2, 0.25) is 5.91 Å². The number of phosphoric acid groups is 1. The van der Waals surface area contributed by atoms with Gasteiger partial charge in [-0.05, 0) is 131 Å². The van der Waals surface area contributed by atoms with E-state index in [0.717, 1.165) is 43.5 Å². The van der Waals surface area contributed by atoms with Crippen LogP contribution in [0.3, 0.4) is 0 Å². The number of imidazole rings is 1. The van der Waals surface area contributed by atoms with Crippen molar-refractivity contribution in [1.82, 2.24) is 34.0 Å². The molecule has 8 atom stereocenters. The number of aryl methyl sites for hydroxylation is 1. The number of amides is 3. The minimum atomic E-state index is -4.73. The van der Waals surface area contributed by atoms with Crippen LogP contribution in [0.5, 0.6) is 11.5 Å². The number of anilines is 2. The molecule has 3 aliphatic rings. The van der Waals surface area contributed by atoms with Crippen LogP contribution >= 0.6 is 7.82 Å². The minimum absolute atomic E-state index is 0.00515. The Labute approximate surface area is 618 Å². The lowest BCUT2D eigenvalue weighted by Gasteiger charge is -2.37. The second-order valence-electron chi connectivity index (χ2n) is 26.4. The number of nitrogens with two attached hydrogens (primary N) is 1. The number of hydrogen-bond donors (Lipinski definition) is 5. The van der Waals surface area contributed by atoms with Gasteiger partial charge >= 0.3 is 19.6 Å². The number of phosphoric ester groups is 1. The number of aliphatic hydroxyl groups is 2. The van der Waals surface area contributed by atoms with Crippen molar-refractivity contribution in [2.75, 3.05) is 71.4 Å². The normalized spacial score (nSPS) is 18.4. The van der Waals surface area contributed by atoms with E-state index >= 15 is 4.57 Å². The number of benzene rings is 7. The van der Waals surface area contributed by atoms with Gasteiger partial charge in [0.15, 0.2) is 17.0 Å². The largest absolute Gasteiger partial charge is 0.497 e. The minimum Gasteiger partial charge on any atom is -0.497 e. The van der Waals surface area contributed by atoms with Crippen LogP contribution in [0, 0.1) is 0 Å². The Morgan fingerprint density at radius 2 is 1.34 bits per heavy atom. The van der Waals surface area contributed by atoms with Gasteiger partial charge in [-0.25, -0.2) is 29.1 Å². The molecule has 0 bridgehead atoms. The molecule has 2 aliphatic heterocycles. The summed E-state index contributed by atoms with van der Waals surface area (Å²) in [6.45, 7) is -0.398. The summed E-state index contributed by atoms with van der Waals surface area (Å²) in [5.74, 6) is 0.339. The van der Waals surface area contributed by atoms with E-state index < -0.39 is 86.6 Å². The van der Waals surface area contributed by atoms with E-state index in [-0.39, 0.29) is 87.3 Å². The van der Waals surface area contributed by atoms with Crippen LogP contribution in [-0.2, 0) is 60.3 Å². The van der Waals surface area contributed by atoms with Crippen molar-refractivity contribution in [1.29, 1.82) is 0 Å². The van der Waals surface area contributed by atoms with Crippen molar-refractivity contribution in [3.05, 3.63) is 262 Å². The van der Waals surface area contributed by atoms with Crippen LogP contribution in [0.4, 0.5) is 16.4 Å².